The average molecular weight is 320 g/mol. The van der Waals surface area contributed by atoms with Crippen LogP contribution in [0.1, 0.15) is 20.3 Å². The molecule has 3 aliphatic rings. The van der Waals surface area contributed by atoms with E-state index in [1.165, 1.54) is 0 Å². The third kappa shape index (κ3) is 4.91. The normalized spacial score (nSPS) is 29.4. The van der Waals surface area contributed by atoms with E-state index in [4.69, 9.17) is 4.55 Å². The van der Waals surface area contributed by atoms with Crippen molar-refractivity contribution in [2.24, 2.45) is 0 Å². The van der Waals surface area contributed by atoms with Gasteiger partial charge in [-0.25, -0.2) is 0 Å². The Hall–Kier alpha value is -0.700. The number of fused-ring (bicyclic) bond motifs is 3. The Labute approximate surface area is 126 Å². The van der Waals surface area contributed by atoms with Gasteiger partial charge in [0.25, 0.3) is 10.1 Å². The molecular weight excluding hydrogens is 294 g/mol. The van der Waals surface area contributed by atoms with Crippen LogP contribution in [0, 0.1) is 0 Å². The fourth-order valence-corrected chi connectivity index (χ4v) is 4.32. The molecular formula is C13H26N3O4S+. The highest BCUT2D eigenvalue weighted by atomic mass is 32.2. The van der Waals surface area contributed by atoms with E-state index in [1.54, 1.807) is 13.8 Å². The molecule has 0 aliphatic carbocycles. The fourth-order valence-electron chi connectivity index (χ4n) is 3.34. The number of quaternary nitrogens is 1. The highest BCUT2D eigenvalue weighted by molar-refractivity contribution is 7.85. The lowest BCUT2D eigenvalue weighted by Gasteiger charge is -2.50. The average Bonchev–Trinajstić information content (AvgIpc) is 2.35. The maximum atomic E-state index is 12.1. The van der Waals surface area contributed by atoms with Crippen LogP contribution in [0.5, 0.6) is 0 Å². The van der Waals surface area contributed by atoms with E-state index in [1.807, 2.05) is 0 Å². The summed E-state index contributed by atoms with van der Waals surface area (Å²) in [6.45, 7) is 10.6. The SMILES string of the molecule is CC(C)(CS(=O)(=O)O)NC(=O)CC[N+]12CCN(CC1)CC2. The molecule has 0 saturated carbocycles. The minimum Gasteiger partial charge on any atom is -0.350 e. The van der Waals surface area contributed by atoms with Gasteiger partial charge in [0.1, 0.15) is 0 Å². The zero-order valence-corrected chi connectivity index (χ0v) is 13.7. The second kappa shape index (κ2) is 5.83. The van der Waals surface area contributed by atoms with E-state index >= 15 is 0 Å². The Morgan fingerprint density at radius 1 is 1.24 bits per heavy atom. The smallest absolute Gasteiger partial charge is 0.267 e. The summed E-state index contributed by atoms with van der Waals surface area (Å²) in [6, 6.07) is 0. The van der Waals surface area contributed by atoms with E-state index in [0.29, 0.717) is 6.42 Å². The molecule has 0 spiro atoms. The second-order valence-corrected chi connectivity index (χ2v) is 8.44. The maximum absolute atomic E-state index is 12.1. The van der Waals surface area contributed by atoms with Crippen LogP contribution in [-0.2, 0) is 14.9 Å². The van der Waals surface area contributed by atoms with Gasteiger partial charge in [-0.15, -0.1) is 0 Å². The number of nitrogens with zero attached hydrogens (tertiary/aromatic N) is 2. The summed E-state index contributed by atoms with van der Waals surface area (Å²) >= 11 is 0. The van der Waals surface area contributed by atoms with Gasteiger partial charge in [0, 0.05) is 19.6 Å². The predicted octanol–water partition coefficient (Wildman–Crippen LogP) is -0.695. The first kappa shape index (κ1) is 16.7. The summed E-state index contributed by atoms with van der Waals surface area (Å²) in [6.07, 6.45) is 0.398. The molecule has 0 atom stereocenters. The number of amides is 1. The summed E-state index contributed by atoms with van der Waals surface area (Å²) in [7, 11) is -4.10. The summed E-state index contributed by atoms with van der Waals surface area (Å²) < 4.78 is 31.8. The number of piperazine rings is 3. The Balaban J connectivity index is 1.82. The van der Waals surface area contributed by atoms with E-state index in [-0.39, 0.29) is 5.91 Å². The number of carbonyl (C=O) groups excluding carboxylic acids is 1. The zero-order chi connectivity index (χ0) is 15.7. The van der Waals surface area contributed by atoms with Gasteiger partial charge in [-0.05, 0) is 13.8 Å². The zero-order valence-electron chi connectivity index (χ0n) is 12.8. The number of hydrogen-bond donors (Lipinski definition) is 2. The van der Waals surface area contributed by atoms with Crippen LogP contribution >= 0.6 is 0 Å². The van der Waals surface area contributed by atoms with E-state index in [2.05, 4.69) is 10.2 Å². The lowest BCUT2D eigenvalue weighted by molar-refractivity contribution is -0.940. The van der Waals surface area contributed by atoms with Gasteiger partial charge in [0.05, 0.1) is 43.9 Å². The molecule has 0 unspecified atom stereocenters. The molecule has 0 aromatic rings. The number of hydrogen-bond acceptors (Lipinski definition) is 4. The molecule has 2 bridgehead atoms. The third-order valence-corrected chi connectivity index (χ3v) is 5.59. The van der Waals surface area contributed by atoms with Crippen molar-refractivity contribution in [3.05, 3.63) is 0 Å². The van der Waals surface area contributed by atoms with Crippen molar-refractivity contribution in [2.75, 3.05) is 51.6 Å². The van der Waals surface area contributed by atoms with Crippen molar-refractivity contribution >= 4 is 16.0 Å². The third-order valence-electron chi connectivity index (χ3n) is 4.51. The number of carbonyl (C=O) groups is 1. The molecule has 0 radical (unpaired) electrons. The van der Waals surface area contributed by atoms with Crippen molar-refractivity contribution in [3.8, 4) is 0 Å². The van der Waals surface area contributed by atoms with Crippen molar-refractivity contribution < 1.29 is 22.2 Å². The molecule has 0 aromatic heterocycles. The van der Waals surface area contributed by atoms with E-state index in [0.717, 1.165) is 50.3 Å². The number of rotatable bonds is 6. The highest BCUT2D eigenvalue weighted by Gasteiger charge is 2.38. The van der Waals surface area contributed by atoms with E-state index < -0.39 is 21.4 Å². The predicted molar refractivity (Wildman–Crippen MR) is 79.4 cm³/mol. The molecule has 3 aliphatic heterocycles. The van der Waals surface area contributed by atoms with Gasteiger partial charge in [-0.1, -0.05) is 0 Å². The lowest BCUT2D eigenvalue weighted by atomic mass is 10.1. The summed E-state index contributed by atoms with van der Waals surface area (Å²) in [5.41, 5.74) is -0.953. The van der Waals surface area contributed by atoms with Gasteiger partial charge in [0.15, 0.2) is 0 Å². The topological polar surface area (TPSA) is 86.7 Å². The standard InChI is InChI=1S/C13H25N3O4S/c1-13(2,11-21(18,19)20)14-12(17)3-7-16-8-4-15(5-9-16)6-10-16/h3-11H2,1-2H3,(H-,14,17,18,19,20)/p+1. The van der Waals surface area contributed by atoms with Gasteiger partial charge < -0.3 is 9.80 Å². The van der Waals surface area contributed by atoms with Crippen LogP contribution in [0.25, 0.3) is 0 Å². The van der Waals surface area contributed by atoms with Gasteiger partial charge in [-0.2, -0.15) is 8.42 Å². The first-order chi connectivity index (χ1) is 9.59. The van der Waals surface area contributed by atoms with Crippen molar-refractivity contribution in [2.45, 2.75) is 25.8 Å². The van der Waals surface area contributed by atoms with Gasteiger partial charge in [0.2, 0.25) is 5.91 Å². The summed E-state index contributed by atoms with van der Waals surface area (Å²) in [5.74, 6) is -0.620. The molecule has 0 aromatic carbocycles. The Morgan fingerprint density at radius 3 is 2.24 bits per heavy atom. The van der Waals surface area contributed by atoms with Crippen molar-refractivity contribution in [1.82, 2.24) is 10.2 Å². The van der Waals surface area contributed by atoms with Crippen LogP contribution < -0.4 is 5.32 Å². The molecule has 3 fully saturated rings. The molecule has 3 saturated heterocycles. The molecule has 122 valence electrons. The molecule has 3 rings (SSSR count). The van der Waals surface area contributed by atoms with Crippen LogP contribution in [-0.4, -0.2) is 85.4 Å². The summed E-state index contributed by atoms with van der Waals surface area (Å²) in [4.78, 5) is 14.5. The minimum atomic E-state index is -4.10. The van der Waals surface area contributed by atoms with Crippen LogP contribution in [0.2, 0.25) is 0 Å². The maximum Gasteiger partial charge on any atom is 0.267 e. The van der Waals surface area contributed by atoms with Crippen LogP contribution in [0.4, 0.5) is 0 Å². The monoisotopic (exact) mass is 320 g/mol. The Bertz CT molecular complexity index is 482. The molecule has 21 heavy (non-hydrogen) atoms. The van der Waals surface area contributed by atoms with Gasteiger partial charge >= 0.3 is 0 Å². The van der Waals surface area contributed by atoms with Crippen LogP contribution in [0.15, 0.2) is 0 Å². The minimum absolute atomic E-state index is 0.149. The largest absolute Gasteiger partial charge is 0.350 e. The van der Waals surface area contributed by atoms with E-state index in [9.17, 15) is 13.2 Å². The second-order valence-electron chi connectivity index (χ2n) is 6.99. The Kier molecular flexibility index (Phi) is 4.63. The van der Waals surface area contributed by atoms with Crippen molar-refractivity contribution in [3.63, 3.8) is 0 Å². The quantitative estimate of drug-likeness (QED) is 0.499. The molecule has 2 N–H and O–H groups in total. The molecule has 7 nitrogen and oxygen atoms in total. The lowest BCUT2D eigenvalue weighted by Crippen LogP contribution is -2.67. The van der Waals surface area contributed by atoms with Crippen molar-refractivity contribution in [1.29, 1.82) is 0 Å². The highest BCUT2D eigenvalue weighted by Crippen LogP contribution is 2.20. The molecule has 3 heterocycles. The first-order valence-electron chi connectivity index (χ1n) is 7.43. The molecule has 1 amide bonds. The molecule has 8 heteroatoms. The van der Waals surface area contributed by atoms with Gasteiger partial charge in [-0.3, -0.25) is 14.2 Å². The number of nitrogens with one attached hydrogen (secondary N) is 1. The van der Waals surface area contributed by atoms with Crippen LogP contribution in [0.3, 0.4) is 0 Å². The summed E-state index contributed by atoms with van der Waals surface area (Å²) in [5, 5.41) is 2.71. The first-order valence-corrected chi connectivity index (χ1v) is 9.04. The Morgan fingerprint density at radius 2 is 1.76 bits per heavy atom. The fraction of sp³-hybridized carbons (Fsp3) is 0.923.